The molecular weight excluding hydrogens is 433 g/mol. The molecule has 1 amide bonds. The molecule has 0 aliphatic rings. The molecule has 0 aliphatic heterocycles. The van der Waals surface area contributed by atoms with Gasteiger partial charge in [-0.05, 0) is 50.2 Å². The molecule has 0 spiro atoms. The molecule has 10 heteroatoms. The number of ether oxygens (including phenoxy) is 1. The van der Waals surface area contributed by atoms with Crippen LogP contribution in [0, 0.1) is 12.7 Å². The molecule has 0 bridgehead atoms. The highest BCUT2D eigenvalue weighted by atomic mass is 32.2. The van der Waals surface area contributed by atoms with E-state index in [2.05, 4.69) is 20.7 Å². The lowest BCUT2D eigenvalue weighted by Crippen LogP contribution is -2.14. The number of carbonyl (C=O) groups excluding carboxylic acids is 1. The molecule has 0 fully saturated rings. The molecule has 0 saturated carbocycles. The molecule has 0 aliphatic carbocycles. The number of carbonyl (C=O) groups is 1. The van der Waals surface area contributed by atoms with Crippen LogP contribution in [0.5, 0.6) is 5.75 Å². The number of thioether (sulfide) groups is 1. The normalized spacial score (nSPS) is 10.8. The summed E-state index contributed by atoms with van der Waals surface area (Å²) in [6, 6.07) is 15.3. The number of amides is 1. The molecule has 0 unspecified atom stereocenters. The van der Waals surface area contributed by atoms with Crippen molar-refractivity contribution >= 4 is 23.5 Å². The number of hydrogen-bond acceptors (Lipinski definition) is 7. The number of rotatable bonds is 8. The van der Waals surface area contributed by atoms with Gasteiger partial charge in [-0.1, -0.05) is 29.1 Å². The van der Waals surface area contributed by atoms with Crippen molar-refractivity contribution in [3.8, 4) is 22.8 Å². The molecule has 0 saturated heterocycles. The quantitative estimate of drug-likeness (QED) is 0.393. The van der Waals surface area contributed by atoms with E-state index in [1.54, 1.807) is 35.8 Å². The van der Waals surface area contributed by atoms with E-state index in [0.717, 1.165) is 23.1 Å². The van der Waals surface area contributed by atoms with Crippen molar-refractivity contribution in [2.24, 2.45) is 0 Å². The topological polar surface area (TPSA) is 95.1 Å². The van der Waals surface area contributed by atoms with Crippen LogP contribution in [0.3, 0.4) is 0 Å². The molecule has 164 valence electrons. The molecular formula is C22H20FN5O3S. The van der Waals surface area contributed by atoms with E-state index >= 15 is 0 Å². The van der Waals surface area contributed by atoms with Gasteiger partial charge in [0.2, 0.25) is 5.91 Å². The molecule has 0 atom stereocenters. The Bertz CT molecular complexity index is 1220. The summed E-state index contributed by atoms with van der Waals surface area (Å²) in [7, 11) is 0. The van der Waals surface area contributed by atoms with E-state index in [-0.39, 0.29) is 17.3 Å². The molecule has 1 N–H and O–H groups in total. The number of benzene rings is 2. The van der Waals surface area contributed by atoms with Crippen LogP contribution in [0.15, 0.2) is 64.3 Å². The number of halogens is 1. The molecule has 4 rings (SSSR count). The minimum Gasteiger partial charge on any atom is -0.494 e. The van der Waals surface area contributed by atoms with Gasteiger partial charge in [-0.25, -0.2) is 4.39 Å². The Morgan fingerprint density at radius 2 is 1.97 bits per heavy atom. The molecule has 8 nitrogen and oxygen atoms in total. The summed E-state index contributed by atoms with van der Waals surface area (Å²) in [4.78, 5) is 12.3. The first-order valence-corrected chi connectivity index (χ1v) is 10.8. The Balaban J connectivity index is 1.62. The third kappa shape index (κ3) is 4.80. The molecule has 0 radical (unpaired) electrons. The zero-order valence-electron chi connectivity index (χ0n) is 17.4. The van der Waals surface area contributed by atoms with Crippen LogP contribution in [0.4, 0.5) is 10.2 Å². The fraction of sp³-hybridized carbons (Fsp3) is 0.182. The third-order valence-electron chi connectivity index (χ3n) is 4.38. The maximum Gasteiger partial charge on any atom is 0.236 e. The summed E-state index contributed by atoms with van der Waals surface area (Å²) in [5.74, 6) is 1.40. The Hall–Kier alpha value is -3.66. The fourth-order valence-electron chi connectivity index (χ4n) is 3.00. The van der Waals surface area contributed by atoms with Crippen LogP contribution in [0.25, 0.3) is 17.1 Å². The van der Waals surface area contributed by atoms with Gasteiger partial charge in [-0.2, -0.15) is 0 Å². The molecule has 2 aromatic heterocycles. The van der Waals surface area contributed by atoms with Crippen LogP contribution in [0.1, 0.15) is 12.7 Å². The Morgan fingerprint density at radius 1 is 1.19 bits per heavy atom. The highest BCUT2D eigenvalue weighted by molar-refractivity contribution is 7.99. The van der Waals surface area contributed by atoms with E-state index in [4.69, 9.17) is 9.26 Å². The number of nitrogens with zero attached hydrogens (tertiary/aromatic N) is 4. The van der Waals surface area contributed by atoms with Gasteiger partial charge < -0.3 is 14.6 Å². The molecule has 2 heterocycles. The van der Waals surface area contributed by atoms with Crippen molar-refractivity contribution in [2.75, 3.05) is 17.7 Å². The number of aryl methyl sites for hydroxylation is 1. The van der Waals surface area contributed by atoms with Gasteiger partial charge in [-0.15, -0.1) is 10.2 Å². The summed E-state index contributed by atoms with van der Waals surface area (Å²) in [6.45, 7) is 4.20. The summed E-state index contributed by atoms with van der Waals surface area (Å²) in [6.07, 6.45) is 0. The van der Waals surface area contributed by atoms with Gasteiger partial charge in [0.1, 0.15) is 17.3 Å². The largest absolute Gasteiger partial charge is 0.494 e. The standard InChI is InChI=1S/C22H20FN5O3S/c1-3-30-16-10-8-15(9-11-16)21-25-26-22(28(21)18-7-5-4-6-17(18)23)32-13-20(29)24-19-12-14(2)31-27-19/h4-12H,3,13H2,1-2H3,(H,24,27,29). The van der Waals surface area contributed by atoms with Gasteiger partial charge in [0.05, 0.1) is 18.0 Å². The van der Waals surface area contributed by atoms with Crippen molar-refractivity contribution in [1.82, 2.24) is 19.9 Å². The summed E-state index contributed by atoms with van der Waals surface area (Å²) in [5.41, 5.74) is 1.02. The van der Waals surface area contributed by atoms with Crippen molar-refractivity contribution in [3.63, 3.8) is 0 Å². The minimum atomic E-state index is -0.427. The van der Waals surface area contributed by atoms with E-state index < -0.39 is 5.82 Å². The zero-order valence-corrected chi connectivity index (χ0v) is 18.2. The molecule has 4 aromatic rings. The summed E-state index contributed by atoms with van der Waals surface area (Å²) in [5, 5.41) is 15.3. The first kappa shape index (κ1) is 21.6. The second-order valence-corrected chi connectivity index (χ2v) is 7.65. The number of para-hydroxylation sites is 1. The van der Waals surface area contributed by atoms with Crippen LogP contribution in [0.2, 0.25) is 0 Å². The van der Waals surface area contributed by atoms with Gasteiger partial charge in [0, 0.05) is 11.6 Å². The van der Waals surface area contributed by atoms with Crippen LogP contribution in [-0.2, 0) is 4.79 Å². The van der Waals surface area contributed by atoms with Gasteiger partial charge in [0.15, 0.2) is 16.8 Å². The van der Waals surface area contributed by atoms with Crippen LogP contribution < -0.4 is 10.1 Å². The molecule has 2 aromatic carbocycles. The first-order chi connectivity index (χ1) is 15.5. The Morgan fingerprint density at radius 3 is 2.66 bits per heavy atom. The molecule has 32 heavy (non-hydrogen) atoms. The van der Waals surface area contributed by atoms with E-state index in [1.807, 2.05) is 31.2 Å². The van der Waals surface area contributed by atoms with Crippen molar-refractivity contribution in [2.45, 2.75) is 19.0 Å². The average Bonchev–Trinajstić information content (AvgIpc) is 3.39. The second kappa shape index (κ2) is 9.65. The summed E-state index contributed by atoms with van der Waals surface area (Å²) < 4.78 is 26.7. The highest BCUT2D eigenvalue weighted by Crippen LogP contribution is 2.30. The lowest BCUT2D eigenvalue weighted by Gasteiger charge is -2.11. The van der Waals surface area contributed by atoms with E-state index in [9.17, 15) is 9.18 Å². The highest BCUT2D eigenvalue weighted by Gasteiger charge is 2.20. The lowest BCUT2D eigenvalue weighted by atomic mass is 10.2. The lowest BCUT2D eigenvalue weighted by molar-refractivity contribution is -0.113. The number of aromatic nitrogens is 4. The average molecular weight is 453 g/mol. The summed E-state index contributed by atoms with van der Waals surface area (Å²) >= 11 is 1.14. The van der Waals surface area contributed by atoms with Crippen LogP contribution >= 0.6 is 11.8 Å². The number of nitrogens with one attached hydrogen (secondary N) is 1. The number of hydrogen-bond donors (Lipinski definition) is 1. The number of anilines is 1. The van der Waals surface area contributed by atoms with Crippen molar-refractivity contribution in [1.29, 1.82) is 0 Å². The van der Waals surface area contributed by atoms with Crippen LogP contribution in [-0.4, -0.2) is 38.2 Å². The van der Waals surface area contributed by atoms with E-state index in [0.29, 0.717) is 29.2 Å². The fourth-order valence-corrected chi connectivity index (χ4v) is 3.75. The first-order valence-electron chi connectivity index (χ1n) is 9.84. The smallest absolute Gasteiger partial charge is 0.236 e. The van der Waals surface area contributed by atoms with Crippen molar-refractivity contribution in [3.05, 3.63) is 66.2 Å². The van der Waals surface area contributed by atoms with Gasteiger partial charge in [-0.3, -0.25) is 9.36 Å². The zero-order chi connectivity index (χ0) is 22.5. The second-order valence-electron chi connectivity index (χ2n) is 6.71. The van der Waals surface area contributed by atoms with Crippen molar-refractivity contribution < 1.29 is 18.4 Å². The maximum absolute atomic E-state index is 14.7. The SMILES string of the molecule is CCOc1ccc(-c2nnc(SCC(=O)Nc3cc(C)on3)n2-c2ccccc2F)cc1. The predicted octanol–water partition coefficient (Wildman–Crippen LogP) is 4.50. The third-order valence-corrected chi connectivity index (χ3v) is 5.31. The Kier molecular flexibility index (Phi) is 6.50. The van der Waals surface area contributed by atoms with E-state index in [1.165, 1.54) is 6.07 Å². The van der Waals surface area contributed by atoms with Gasteiger partial charge >= 0.3 is 0 Å². The monoisotopic (exact) mass is 453 g/mol. The predicted molar refractivity (Wildman–Crippen MR) is 119 cm³/mol. The minimum absolute atomic E-state index is 0.0295. The van der Waals surface area contributed by atoms with Gasteiger partial charge in [0.25, 0.3) is 0 Å². The maximum atomic E-state index is 14.7. The Labute approximate surface area is 187 Å².